The molecule has 0 bridgehead atoms. The van der Waals surface area contributed by atoms with Gasteiger partial charge in [0, 0.05) is 25.9 Å². The molecule has 0 spiro atoms. The zero-order chi connectivity index (χ0) is 10.0. The van der Waals surface area contributed by atoms with E-state index < -0.39 is 5.56 Å². The van der Waals surface area contributed by atoms with E-state index in [1.807, 2.05) is 6.07 Å². The summed E-state index contributed by atoms with van der Waals surface area (Å²) >= 11 is 0. The van der Waals surface area contributed by atoms with Gasteiger partial charge in [0.05, 0.1) is 12.5 Å². The summed E-state index contributed by atoms with van der Waals surface area (Å²) in [5, 5.41) is 8.41. The highest BCUT2D eigenvalue weighted by atomic mass is 16.2. The molecule has 0 N–H and O–H groups in total. The Morgan fingerprint density at radius 2 is 2.08 bits per heavy atom. The fourth-order valence-corrected chi connectivity index (χ4v) is 1.09. The van der Waals surface area contributed by atoms with E-state index in [0.29, 0.717) is 5.56 Å². The number of rotatable bonds is 1. The molecule has 0 aromatic carbocycles. The van der Waals surface area contributed by atoms with Gasteiger partial charge in [-0.05, 0) is 0 Å². The Bertz CT molecular complexity index is 476. The van der Waals surface area contributed by atoms with Gasteiger partial charge in [-0.1, -0.05) is 0 Å². The summed E-state index contributed by atoms with van der Waals surface area (Å²) in [5.41, 5.74) is -0.441. The third-order valence-electron chi connectivity index (χ3n) is 1.79. The molecular formula is C8H9N3O2. The van der Waals surface area contributed by atoms with Crippen molar-refractivity contribution in [1.82, 2.24) is 9.13 Å². The molecule has 0 aliphatic carbocycles. The summed E-state index contributed by atoms with van der Waals surface area (Å²) < 4.78 is 2.28. The van der Waals surface area contributed by atoms with Crippen LogP contribution in [0.2, 0.25) is 0 Å². The zero-order valence-corrected chi connectivity index (χ0v) is 7.44. The Morgan fingerprint density at radius 3 is 2.62 bits per heavy atom. The van der Waals surface area contributed by atoms with Crippen molar-refractivity contribution in [2.75, 3.05) is 0 Å². The maximum atomic E-state index is 11.3. The van der Waals surface area contributed by atoms with Crippen LogP contribution in [0.1, 0.15) is 5.56 Å². The average Bonchev–Trinajstić information content (AvgIpc) is 2.11. The molecule has 1 heterocycles. The molecule has 0 unspecified atom stereocenters. The van der Waals surface area contributed by atoms with Crippen molar-refractivity contribution in [2.24, 2.45) is 14.1 Å². The number of aryl methyl sites for hydroxylation is 1. The molecular weight excluding hydrogens is 170 g/mol. The summed E-state index contributed by atoms with van der Waals surface area (Å²) in [6.45, 7) is 0. The van der Waals surface area contributed by atoms with Crippen LogP contribution in [0.25, 0.3) is 0 Å². The standard InChI is InChI=1S/C8H9N3O2/c1-10-5-6(3-4-9)7(12)11(2)8(10)13/h5H,3H2,1-2H3. The smallest absolute Gasteiger partial charge is 0.303 e. The molecule has 0 fully saturated rings. The van der Waals surface area contributed by atoms with Crippen molar-refractivity contribution < 1.29 is 0 Å². The van der Waals surface area contributed by atoms with Crippen molar-refractivity contribution in [3.05, 3.63) is 32.6 Å². The van der Waals surface area contributed by atoms with Gasteiger partial charge in [-0.25, -0.2) is 4.79 Å². The normalized spacial score (nSPS) is 9.62. The van der Waals surface area contributed by atoms with Gasteiger partial charge in [0.1, 0.15) is 0 Å². The first-order valence-electron chi connectivity index (χ1n) is 3.70. The fraction of sp³-hybridized carbons (Fsp3) is 0.375. The Kier molecular flexibility index (Phi) is 2.33. The first kappa shape index (κ1) is 9.26. The number of aromatic nitrogens is 2. The van der Waals surface area contributed by atoms with E-state index in [1.54, 1.807) is 7.05 Å². The van der Waals surface area contributed by atoms with Crippen LogP contribution >= 0.6 is 0 Å². The van der Waals surface area contributed by atoms with Gasteiger partial charge in [-0.15, -0.1) is 0 Å². The predicted molar refractivity (Wildman–Crippen MR) is 46.2 cm³/mol. The quantitative estimate of drug-likeness (QED) is 0.564. The van der Waals surface area contributed by atoms with Crippen LogP contribution < -0.4 is 11.2 Å². The lowest BCUT2D eigenvalue weighted by molar-refractivity contribution is 0.673. The van der Waals surface area contributed by atoms with Crippen molar-refractivity contribution in [1.29, 1.82) is 5.26 Å². The first-order valence-corrected chi connectivity index (χ1v) is 3.70. The van der Waals surface area contributed by atoms with Gasteiger partial charge in [-0.3, -0.25) is 9.36 Å². The highest BCUT2D eigenvalue weighted by Crippen LogP contribution is 1.87. The second kappa shape index (κ2) is 3.27. The summed E-state index contributed by atoms with van der Waals surface area (Å²) in [4.78, 5) is 22.5. The SMILES string of the molecule is Cn1cc(CC#N)c(=O)n(C)c1=O. The highest BCUT2D eigenvalue weighted by molar-refractivity contribution is 5.10. The lowest BCUT2D eigenvalue weighted by Crippen LogP contribution is -2.38. The zero-order valence-electron chi connectivity index (χ0n) is 7.44. The maximum absolute atomic E-state index is 11.3. The minimum absolute atomic E-state index is 0.0286. The van der Waals surface area contributed by atoms with E-state index >= 15 is 0 Å². The Balaban J connectivity index is 3.53. The average molecular weight is 179 g/mol. The van der Waals surface area contributed by atoms with Gasteiger partial charge in [-0.2, -0.15) is 5.26 Å². The van der Waals surface area contributed by atoms with E-state index in [9.17, 15) is 9.59 Å². The van der Waals surface area contributed by atoms with Gasteiger partial charge in [0.2, 0.25) is 0 Å². The van der Waals surface area contributed by atoms with E-state index in [1.165, 1.54) is 17.8 Å². The maximum Gasteiger partial charge on any atom is 0.330 e. The van der Waals surface area contributed by atoms with Gasteiger partial charge in [0.25, 0.3) is 5.56 Å². The molecule has 0 radical (unpaired) electrons. The molecule has 1 aromatic heterocycles. The second-order valence-electron chi connectivity index (χ2n) is 2.75. The lowest BCUT2D eigenvalue weighted by atomic mass is 10.2. The summed E-state index contributed by atoms with van der Waals surface area (Å²) in [5.74, 6) is 0. The number of hydrogen-bond acceptors (Lipinski definition) is 3. The molecule has 5 nitrogen and oxygen atoms in total. The van der Waals surface area contributed by atoms with Crippen LogP contribution in [-0.4, -0.2) is 9.13 Å². The van der Waals surface area contributed by atoms with Gasteiger partial charge >= 0.3 is 5.69 Å². The van der Waals surface area contributed by atoms with E-state index in [-0.39, 0.29) is 12.1 Å². The van der Waals surface area contributed by atoms with Crippen LogP contribution in [0.15, 0.2) is 15.8 Å². The minimum atomic E-state index is -0.398. The fourth-order valence-electron chi connectivity index (χ4n) is 1.09. The predicted octanol–water partition coefficient (Wildman–Crippen LogP) is -0.850. The molecule has 0 aliphatic rings. The van der Waals surface area contributed by atoms with Crippen LogP contribution in [0, 0.1) is 11.3 Å². The Morgan fingerprint density at radius 1 is 1.46 bits per heavy atom. The Hall–Kier alpha value is -1.83. The second-order valence-corrected chi connectivity index (χ2v) is 2.75. The van der Waals surface area contributed by atoms with Crippen molar-refractivity contribution in [2.45, 2.75) is 6.42 Å². The topological polar surface area (TPSA) is 67.8 Å². The monoisotopic (exact) mass is 179 g/mol. The summed E-state index contributed by atoms with van der Waals surface area (Å²) in [6, 6.07) is 1.87. The lowest BCUT2D eigenvalue weighted by Gasteiger charge is -2.02. The Labute approximate surface area is 74.5 Å². The minimum Gasteiger partial charge on any atom is -0.303 e. The van der Waals surface area contributed by atoms with Gasteiger partial charge in [0.15, 0.2) is 0 Å². The molecule has 5 heteroatoms. The third kappa shape index (κ3) is 1.51. The summed E-state index contributed by atoms with van der Waals surface area (Å²) in [6.07, 6.45) is 1.43. The molecule has 0 saturated heterocycles. The van der Waals surface area contributed by atoms with E-state index in [0.717, 1.165) is 4.57 Å². The van der Waals surface area contributed by atoms with Crippen molar-refractivity contribution >= 4 is 0 Å². The van der Waals surface area contributed by atoms with E-state index in [4.69, 9.17) is 5.26 Å². The molecule has 0 atom stereocenters. The van der Waals surface area contributed by atoms with Gasteiger partial charge < -0.3 is 4.57 Å². The number of nitrogens with zero attached hydrogens (tertiary/aromatic N) is 3. The number of hydrogen-bond donors (Lipinski definition) is 0. The van der Waals surface area contributed by atoms with Crippen molar-refractivity contribution in [3.63, 3.8) is 0 Å². The molecule has 0 amide bonds. The molecule has 1 aromatic rings. The highest BCUT2D eigenvalue weighted by Gasteiger charge is 2.05. The first-order chi connectivity index (χ1) is 6.07. The largest absolute Gasteiger partial charge is 0.330 e. The van der Waals surface area contributed by atoms with Crippen LogP contribution in [0.3, 0.4) is 0 Å². The van der Waals surface area contributed by atoms with Crippen LogP contribution in [0.5, 0.6) is 0 Å². The molecule has 68 valence electrons. The number of nitriles is 1. The molecule has 13 heavy (non-hydrogen) atoms. The molecule has 1 rings (SSSR count). The van der Waals surface area contributed by atoms with Crippen LogP contribution in [-0.2, 0) is 20.5 Å². The molecule has 0 aliphatic heterocycles. The summed E-state index contributed by atoms with van der Waals surface area (Å²) in [7, 11) is 2.94. The van der Waals surface area contributed by atoms with Crippen molar-refractivity contribution in [3.8, 4) is 6.07 Å². The molecule has 0 saturated carbocycles. The van der Waals surface area contributed by atoms with E-state index in [2.05, 4.69) is 0 Å². The van der Waals surface area contributed by atoms with Crippen LogP contribution in [0.4, 0.5) is 0 Å². The third-order valence-corrected chi connectivity index (χ3v) is 1.79.